The third kappa shape index (κ3) is 4.88. The molecule has 0 unspecified atom stereocenters. The highest BCUT2D eigenvalue weighted by Gasteiger charge is 2.19. The van der Waals surface area contributed by atoms with Crippen molar-refractivity contribution in [2.45, 2.75) is 32.6 Å². The lowest BCUT2D eigenvalue weighted by molar-refractivity contribution is 0.0903. The van der Waals surface area contributed by atoms with Crippen LogP contribution in [0.2, 0.25) is 0 Å². The molecule has 1 aromatic carbocycles. The quantitative estimate of drug-likeness (QED) is 0.708. The number of hydrogen-bond donors (Lipinski definition) is 0. The van der Waals surface area contributed by atoms with Crippen molar-refractivity contribution >= 4 is 0 Å². The predicted octanol–water partition coefficient (Wildman–Crippen LogP) is 3.51. The molecule has 1 aliphatic heterocycles. The molecular weight excluding hydrogens is 253 g/mol. The number of likely N-dealkylation sites (tertiary alicyclic amines) is 1. The van der Waals surface area contributed by atoms with Crippen molar-refractivity contribution in [2.75, 3.05) is 32.8 Å². The lowest BCUT2D eigenvalue weighted by Gasteiger charge is -2.32. The Morgan fingerprint density at radius 3 is 3.00 bits per heavy atom. The molecule has 2 nitrogen and oxygen atoms in total. The van der Waals surface area contributed by atoms with Gasteiger partial charge in [-0.1, -0.05) is 18.2 Å². The molecule has 0 spiro atoms. The van der Waals surface area contributed by atoms with Crippen LogP contribution in [0.1, 0.15) is 31.7 Å². The summed E-state index contributed by atoms with van der Waals surface area (Å²) >= 11 is 0. The molecule has 0 bridgehead atoms. The van der Waals surface area contributed by atoms with E-state index in [1.165, 1.54) is 19.4 Å². The maximum absolute atomic E-state index is 13.6. The molecule has 3 heteroatoms. The maximum Gasteiger partial charge on any atom is 0.126 e. The third-order valence-electron chi connectivity index (χ3n) is 4.14. The second-order valence-electron chi connectivity index (χ2n) is 5.64. The van der Waals surface area contributed by atoms with Crippen LogP contribution in [-0.2, 0) is 11.2 Å². The largest absolute Gasteiger partial charge is 0.380 e. The molecule has 1 fully saturated rings. The average molecular weight is 279 g/mol. The molecule has 2 rings (SSSR count). The second-order valence-corrected chi connectivity index (χ2v) is 5.64. The highest BCUT2D eigenvalue weighted by atomic mass is 19.1. The van der Waals surface area contributed by atoms with E-state index in [9.17, 15) is 4.39 Å². The summed E-state index contributed by atoms with van der Waals surface area (Å²) in [5.74, 6) is 0.640. The van der Waals surface area contributed by atoms with E-state index in [0.717, 1.165) is 44.7 Å². The summed E-state index contributed by atoms with van der Waals surface area (Å²) in [5.41, 5.74) is 0.860. The highest BCUT2D eigenvalue weighted by Crippen LogP contribution is 2.22. The van der Waals surface area contributed by atoms with Crippen LogP contribution >= 0.6 is 0 Å². The van der Waals surface area contributed by atoms with Crippen molar-refractivity contribution < 1.29 is 9.13 Å². The van der Waals surface area contributed by atoms with Gasteiger partial charge in [0.25, 0.3) is 0 Å². The van der Waals surface area contributed by atoms with Crippen LogP contribution < -0.4 is 0 Å². The molecule has 1 saturated heterocycles. The summed E-state index contributed by atoms with van der Waals surface area (Å²) in [4.78, 5) is 2.49. The maximum atomic E-state index is 13.6. The van der Waals surface area contributed by atoms with Crippen LogP contribution in [0.25, 0.3) is 0 Å². The van der Waals surface area contributed by atoms with E-state index in [0.29, 0.717) is 5.92 Å². The zero-order valence-electron chi connectivity index (χ0n) is 12.5. The van der Waals surface area contributed by atoms with E-state index in [4.69, 9.17) is 4.74 Å². The molecule has 112 valence electrons. The minimum absolute atomic E-state index is 0.0588. The first-order chi connectivity index (χ1) is 9.79. The lowest BCUT2D eigenvalue weighted by Crippen LogP contribution is -2.37. The SMILES string of the molecule is CCOCCN1CCC[C@H](CCc2ccccc2F)C1. The Morgan fingerprint density at radius 2 is 2.20 bits per heavy atom. The molecule has 1 aromatic rings. The molecular formula is C17H26FNO. The fourth-order valence-corrected chi connectivity index (χ4v) is 2.99. The monoisotopic (exact) mass is 279 g/mol. The van der Waals surface area contributed by atoms with E-state index in [-0.39, 0.29) is 5.82 Å². The fraction of sp³-hybridized carbons (Fsp3) is 0.647. The number of ether oxygens (including phenoxy) is 1. The van der Waals surface area contributed by atoms with Gasteiger partial charge in [-0.15, -0.1) is 0 Å². The van der Waals surface area contributed by atoms with Crippen LogP contribution in [-0.4, -0.2) is 37.7 Å². The summed E-state index contributed by atoms with van der Waals surface area (Å²) in [6.45, 7) is 7.02. The summed E-state index contributed by atoms with van der Waals surface area (Å²) in [6.07, 6.45) is 4.48. The average Bonchev–Trinajstić information content (AvgIpc) is 2.47. The molecule has 1 heterocycles. The second kappa shape index (κ2) is 8.38. The minimum atomic E-state index is -0.0588. The Bertz CT molecular complexity index is 396. The standard InChI is InChI=1S/C17H26FNO/c1-2-20-13-12-19-11-5-6-15(14-19)9-10-16-7-3-4-8-17(16)18/h3-4,7-8,15H,2,5-6,9-14H2,1H3/t15-/m1/s1. The Hall–Kier alpha value is -0.930. The van der Waals surface area contributed by atoms with Crippen molar-refractivity contribution in [1.29, 1.82) is 0 Å². The van der Waals surface area contributed by atoms with Gasteiger partial charge in [0.15, 0.2) is 0 Å². The summed E-state index contributed by atoms with van der Waals surface area (Å²) in [7, 11) is 0. The number of aryl methyl sites for hydroxylation is 1. The molecule has 1 atom stereocenters. The molecule has 20 heavy (non-hydrogen) atoms. The van der Waals surface area contributed by atoms with Crippen molar-refractivity contribution in [3.8, 4) is 0 Å². The molecule has 0 aliphatic carbocycles. The molecule has 0 saturated carbocycles. The first-order valence-corrected chi connectivity index (χ1v) is 7.83. The van der Waals surface area contributed by atoms with E-state index in [1.54, 1.807) is 12.1 Å². The lowest BCUT2D eigenvalue weighted by atomic mass is 9.91. The number of hydrogen-bond acceptors (Lipinski definition) is 2. The van der Waals surface area contributed by atoms with Gasteiger partial charge in [0.2, 0.25) is 0 Å². The van der Waals surface area contributed by atoms with Crippen molar-refractivity contribution in [1.82, 2.24) is 4.90 Å². The van der Waals surface area contributed by atoms with Gasteiger partial charge in [-0.25, -0.2) is 4.39 Å². The number of benzene rings is 1. The van der Waals surface area contributed by atoms with Crippen LogP contribution in [0, 0.1) is 11.7 Å². The molecule has 0 radical (unpaired) electrons. The zero-order chi connectivity index (χ0) is 14.2. The summed E-state index contributed by atoms with van der Waals surface area (Å²) < 4.78 is 19.0. The van der Waals surface area contributed by atoms with Crippen molar-refractivity contribution in [3.63, 3.8) is 0 Å². The fourth-order valence-electron chi connectivity index (χ4n) is 2.99. The Kier molecular flexibility index (Phi) is 6.48. The Balaban J connectivity index is 1.74. The van der Waals surface area contributed by atoms with E-state index >= 15 is 0 Å². The smallest absolute Gasteiger partial charge is 0.126 e. The first-order valence-electron chi connectivity index (χ1n) is 7.83. The van der Waals surface area contributed by atoms with Crippen LogP contribution in [0.15, 0.2) is 24.3 Å². The van der Waals surface area contributed by atoms with E-state index < -0.39 is 0 Å². The van der Waals surface area contributed by atoms with Gasteiger partial charge in [0.05, 0.1) is 6.61 Å². The van der Waals surface area contributed by atoms with Crippen LogP contribution in [0.3, 0.4) is 0 Å². The van der Waals surface area contributed by atoms with Gasteiger partial charge in [0.1, 0.15) is 5.82 Å². The molecule has 0 N–H and O–H groups in total. The number of halogens is 1. The van der Waals surface area contributed by atoms with Gasteiger partial charge in [-0.05, 0) is 56.7 Å². The van der Waals surface area contributed by atoms with Gasteiger partial charge in [0, 0.05) is 19.7 Å². The number of nitrogens with zero attached hydrogens (tertiary/aromatic N) is 1. The van der Waals surface area contributed by atoms with Gasteiger partial charge >= 0.3 is 0 Å². The summed E-state index contributed by atoms with van der Waals surface area (Å²) in [5, 5.41) is 0. The van der Waals surface area contributed by atoms with Gasteiger partial charge in [-0.2, -0.15) is 0 Å². The van der Waals surface area contributed by atoms with Crippen LogP contribution in [0.5, 0.6) is 0 Å². The van der Waals surface area contributed by atoms with Crippen molar-refractivity contribution in [2.24, 2.45) is 5.92 Å². The molecule has 0 amide bonds. The minimum Gasteiger partial charge on any atom is -0.380 e. The van der Waals surface area contributed by atoms with Gasteiger partial charge in [-0.3, -0.25) is 0 Å². The zero-order valence-corrected chi connectivity index (χ0v) is 12.5. The molecule has 0 aromatic heterocycles. The predicted molar refractivity (Wildman–Crippen MR) is 80.4 cm³/mol. The highest BCUT2D eigenvalue weighted by molar-refractivity contribution is 5.17. The number of rotatable bonds is 7. The Labute approximate surface area is 121 Å². The number of piperidine rings is 1. The summed E-state index contributed by atoms with van der Waals surface area (Å²) in [6, 6.07) is 7.15. The normalized spacial score (nSPS) is 20.2. The van der Waals surface area contributed by atoms with E-state index in [1.807, 2.05) is 19.1 Å². The van der Waals surface area contributed by atoms with Crippen molar-refractivity contribution in [3.05, 3.63) is 35.6 Å². The Morgan fingerprint density at radius 1 is 1.35 bits per heavy atom. The van der Waals surface area contributed by atoms with E-state index in [2.05, 4.69) is 4.90 Å². The first kappa shape index (κ1) is 15.5. The third-order valence-corrected chi connectivity index (χ3v) is 4.14. The van der Waals surface area contributed by atoms with Gasteiger partial charge < -0.3 is 9.64 Å². The topological polar surface area (TPSA) is 12.5 Å². The molecule has 1 aliphatic rings. The van der Waals surface area contributed by atoms with Crippen LogP contribution in [0.4, 0.5) is 4.39 Å².